The Balaban J connectivity index is 1.61. The number of non-ortho nitro benzene ring substituents is 1. The normalized spacial score (nSPS) is 11.2. The van der Waals surface area contributed by atoms with Gasteiger partial charge in [-0.15, -0.1) is 0 Å². The molecule has 1 aromatic heterocycles. The molecule has 0 atom stereocenters. The van der Waals surface area contributed by atoms with Crippen LogP contribution in [-0.4, -0.2) is 25.7 Å². The highest BCUT2D eigenvalue weighted by molar-refractivity contribution is 9.10. The van der Waals surface area contributed by atoms with Gasteiger partial charge >= 0.3 is 5.69 Å². The molecular weight excluding hydrogens is 534 g/mol. The number of nitro benzene ring substituents is 2. The molecule has 0 amide bonds. The zero-order valence-electron chi connectivity index (χ0n) is 18.8. The summed E-state index contributed by atoms with van der Waals surface area (Å²) in [5, 5.41) is 27.1. The first-order valence-corrected chi connectivity index (χ1v) is 11.5. The third-order valence-corrected chi connectivity index (χ3v) is 5.73. The standard InChI is InChI=1S/C24H18BrN5O6/c1-2-23-27-20-9-6-17(25)12-19(20)24(31)28(23)26-13-16-5-10-22(21(11-16)30(34)35)36-14-15-3-7-18(8-4-15)29(32)33/h3-13H,2,14H2,1H3. The van der Waals surface area contributed by atoms with Crippen LogP contribution in [0.5, 0.6) is 5.75 Å². The second-order valence-electron chi connectivity index (χ2n) is 7.60. The van der Waals surface area contributed by atoms with Crippen LogP contribution < -0.4 is 10.3 Å². The first-order chi connectivity index (χ1) is 17.3. The summed E-state index contributed by atoms with van der Waals surface area (Å²) in [6, 6.07) is 15.2. The molecule has 1 heterocycles. The van der Waals surface area contributed by atoms with Crippen LogP contribution in [0.4, 0.5) is 11.4 Å². The summed E-state index contributed by atoms with van der Waals surface area (Å²) >= 11 is 3.35. The second-order valence-corrected chi connectivity index (χ2v) is 8.52. The van der Waals surface area contributed by atoms with Crippen molar-refractivity contribution < 1.29 is 14.6 Å². The van der Waals surface area contributed by atoms with Crippen molar-refractivity contribution in [2.45, 2.75) is 20.0 Å². The Hall–Kier alpha value is -4.45. The van der Waals surface area contributed by atoms with E-state index in [9.17, 15) is 25.0 Å². The lowest BCUT2D eigenvalue weighted by molar-refractivity contribution is -0.386. The predicted octanol–water partition coefficient (Wildman–Crippen LogP) is 5.00. The molecule has 0 saturated heterocycles. The number of halogens is 1. The molecular formula is C24H18BrN5O6. The largest absolute Gasteiger partial charge is 0.482 e. The van der Waals surface area contributed by atoms with E-state index in [-0.39, 0.29) is 29.3 Å². The molecule has 0 aliphatic rings. The summed E-state index contributed by atoms with van der Waals surface area (Å²) in [5.41, 5.74) is 0.844. The zero-order chi connectivity index (χ0) is 25.8. The van der Waals surface area contributed by atoms with E-state index in [0.29, 0.717) is 34.3 Å². The van der Waals surface area contributed by atoms with E-state index in [2.05, 4.69) is 26.0 Å². The minimum absolute atomic E-state index is 0.0140. The Labute approximate surface area is 212 Å². The first-order valence-electron chi connectivity index (χ1n) is 10.7. The van der Waals surface area contributed by atoms with Crippen LogP contribution in [0.15, 0.2) is 75.0 Å². The number of rotatable bonds is 8. The molecule has 0 aliphatic heterocycles. The fraction of sp³-hybridized carbons (Fsp3) is 0.125. The van der Waals surface area contributed by atoms with Crippen LogP contribution in [0.3, 0.4) is 0 Å². The number of benzene rings is 3. The average molecular weight is 552 g/mol. The van der Waals surface area contributed by atoms with Gasteiger partial charge in [0.05, 0.1) is 27.0 Å². The monoisotopic (exact) mass is 551 g/mol. The number of aromatic nitrogens is 2. The highest BCUT2D eigenvalue weighted by Gasteiger charge is 2.17. The van der Waals surface area contributed by atoms with Crippen LogP contribution >= 0.6 is 15.9 Å². The number of hydrogen-bond acceptors (Lipinski definition) is 8. The quantitative estimate of drug-likeness (QED) is 0.170. The van der Waals surface area contributed by atoms with Crippen molar-refractivity contribution in [2.75, 3.05) is 0 Å². The maximum atomic E-state index is 13.0. The maximum Gasteiger partial charge on any atom is 0.311 e. The first kappa shape index (κ1) is 24.7. The maximum absolute atomic E-state index is 13.0. The van der Waals surface area contributed by atoms with Crippen molar-refractivity contribution in [2.24, 2.45) is 5.10 Å². The Morgan fingerprint density at radius 1 is 1.06 bits per heavy atom. The van der Waals surface area contributed by atoms with Crippen molar-refractivity contribution >= 4 is 44.4 Å². The van der Waals surface area contributed by atoms with Crippen molar-refractivity contribution in [1.82, 2.24) is 9.66 Å². The van der Waals surface area contributed by atoms with Crippen molar-refractivity contribution in [3.63, 3.8) is 0 Å². The molecule has 4 aromatic rings. The van der Waals surface area contributed by atoms with Crippen LogP contribution in [0.2, 0.25) is 0 Å². The van der Waals surface area contributed by atoms with Gasteiger partial charge in [-0.1, -0.05) is 22.9 Å². The van der Waals surface area contributed by atoms with Gasteiger partial charge in [0.25, 0.3) is 11.2 Å². The average Bonchev–Trinajstić information content (AvgIpc) is 2.87. The molecule has 0 bridgehead atoms. The molecule has 0 N–H and O–H groups in total. The summed E-state index contributed by atoms with van der Waals surface area (Å²) in [6.45, 7) is 1.83. The van der Waals surface area contributed by atoms with Gasteiger partial charge in [-0.2, -0.15) is 9.78 Å². The molecule has 11 nitrogen and oxygen atoms in total. The summed E-state index contributed by atoms with van der Waals surface area (Å²) < 4.78 is 7.50. The zero-order valence-corrected chi connectivity index (χ0v) is 20.4. The summed E-state index contributed by atoms with van der Waals surface area (Å²) in [7, 11) is 0. The smallest absolute Gasteiger partial charge is 0.311 e. The molecule has 182 valence electrons. The van der Waals surface area contributed by atoms with Gasteiger partial charge in [0.15, 0.2) is 5.75 Å². The van der Waals surface area contributed by atoms with Gasteiger partial charge in [0.2, 0.25) is 0 Å². The van der Waals surface area contributed by atoms with Crippen molar-refractivity contribution in [3.8, 4) is 5.75 Å². The fourth-order valence-electron chi connectivity index (χ4n) is 3.42. The molecule has 0 fully saturated rings. The van der Waals surface area contributed by atoms with E-state index in [1.165, 1.54) is 47.3 Å². The summed E-state index contributed by atoms with van der Waals surface area (Å²) in [5.74, 6) is 0.475. The van der Waals surface area contributed by atoms with Gasteiger partial charge in [-0.3, -0.25) is 25.0 Å². The summed E-state index contributed by atoms with van der Waals surface area (Å²) in [4.78, 5) is 38.8. The molecule has 36 heavy (non-hydrogen) atoms. The topological polar surface area (TPSA) is 143 Å². The van der Waals surface area contributed by atoms with Crippen molar-refractivity contribution in [1.29, 1.82) is 0 Å². The van der Waals surface area contributed by atoms with Gasteiger partial charge in [-0.25, -0.2) is 4.98 Å². The molecule has 0 aliphatic carbocycles. The third kappa shape index (κ3) is 5.28. The molecule has 0 spiro atoms. The van der Waals surface area contributed by atoms with E-state index < -0.39 is 9.85 Å². The van der Waals surface area contributed by atoms with Crippen LogP contribution in [0, 0.1) is 20.2 Å². The van der Waals surface area contributed by atoms with Crippen LogP contribution in [0.1, 0.15) is 23.9 Å². The number of nitro groups is 2. The lowest BCUT2D eigenvalue weighted by atomic mass is 10.2. The lowest BCUT2D eigenvalue weighted by Gasteiger charge is -2.09. The minimum atomic E-state index is -0.582. The highest BCUT2D eigenvalue weighted by atomic mass is 79.9. The molecule has 0 unspecified atom stereocenters. The number of hydrogen-bond donors (Lipinski definition) is 0. The second kappa shape index (κ2) is 10.4. The number of aryl methyl sites for hydroxylation is 1. The SMILES string of the molecule is CCc1nc2ccc(Br)cc2c(=O)n1N=Cc1ccc(OCc2ccc([N+](=O)[O-])cc2)c([N+](=O)[O-])c1. The number of fused-ring (bicyclic) bond motifs is 1. The highest BCUT2D eigenvalue weighted by Crippen LogP contribution is 2.28. The molecule has 3 aromatic carbocycles. The van der Waals surface area contributed by atoms with Gasteiger partial charge in [0.1, 0.15) is 12.4 Å². The molecule has 0 radical (unpaired) electrons. The van der Waals surface area contributed by atoms with E-state index in [4.69, 9.17) is 4.74 Å². The Bertz CT molecular complexity index is 1570. The Morgan fingerprint density at radius 3 is 2.47 bits per heavy atom. The van der Waals surface area contributed by atoms with Crippen LogP contribution in [-0.2, 0) is 13.0 Å². The van der Waals surface area contributed by atoms with Gasteiger partial charge < -0.3 is 4.74 Å². The van der Waals surface area contributed by atoms with Gasteiger partial charge in [0, 0.05) is 34.7 Å². The van der Waals surface area contributed by atoms with Gasteiger partial charge in [-0.05, 0) is 48.0 Å². The van der Waals surface area contributed by atoms with E-state index in [1.807, 2.05) is 6.92 Å². The molecule has 4 rings (SSSR count). The Morgan fingerprint density at radius 2 is 1.81 bits per heavy atom. The third-order valence-electron chi connectivity index (χ3n) is 5.24. The number of ether oxygens (including phenoxy) is 1. The van der Waals surface area contributed by atoms with E-state index >= 15 is 0 Å². The predicted molar refractivity (Wildman–Crippen MR) is 137 cm³/mol. The fourth-order valence-corrected chi connectivity index (χ4v) is 3.78. The Kier molecular flexibility index (Phi) is 7.15. The van der Waals surface area contributed by atoms with E-state index in [1.54, 1.807) is 24.3 Å². The minimum Gasteiger partial charge on any atom is -0.482 e. The lowest BCUT2D eigenvalue weighted by Crippen LogP contribution is -2.22. The molecule has 12 heteroatoms. The van der Waals surface area contributed by atoms with E-state index in [0.717, 1.165) is 4.47 Å². The van der Waals surface area contributed by atoms with Crippen molar-refractivity contribution in [3.05, 3.63) is 113 Å². The number of nitrogens with zero attached hydrogens (tertiary/aromatic N) is 5. The summed E-state index contributed by atoms with van der Waals surface area (Å²) in [6.07, 6.45) is 1.80. The molecule has 0 saturated carbocycles. The van der Waals surface area contributed by atoms with Crippen LogP contribution in [0.25, 0.3) is 10.9 Å².